The Bertz CT molecular complexity index is 439. The zero-order valence-electron chi connectivity index (χ0n) is 12.9. The molecule has 21 heavy (non-hydrogen) atoms. The summed E-state index contributed by atoms with van der Waals surface area (Å²) in [5.41, 5.74) is 0.793. The van der Waals surface area contributed by atoms with Crippen LogP contribution in [0.3, 0.4) is 0 Å². The number of ether oxygens (including phenoxy) is 1. The van der Waals surface area contributed by atoms with Gasteiger partial charge in [-0.1, -0.05) is 0 Å². The summed E-state index contributed by atoms with van der Waals surface area (Å²) >= 11 is 0. The van der Waals surface area contributed by atoms with Gasteiger partial charge in [0.1, 0.15) is 5.75 Å². The number of amides is 1. The molecule has 1 fully saturated rings. The Hall–Kier alpha value is -1.59. The van der Waals surface area contributed by atoms with E-state index in [2.05, 4.69) is 22.6 Å². The lowest BCUT2D eigenvalue weighted by atomic mass is 9.97. The Kier molecular flexibility index (Phi) is 6.02. The average molecular weight is 291 g/mol. The molecule has 0 unspecified atom stereocenters. The number of anilines is 1. The van der Waals surface area contributed by atoms with Gasteiger partial charge in [-0.05, 0) is 69.7 Å². The minimum atomic E-state index is -0.00639. The predicted molar refractivity (Wildman–Crippen MR) is 84.7 cm³/mol. The summed E-state index contributed by atoms with van der Waals surface area (Å²) in [5.74, 6) is 1.47. The Morgan fingerprint density at radius 3 is 2.57 bits per heavy atom. The van der Waals surface area contributed by atoms with E-state index in [1.54, 1.807) is 7.11 Å². The Labute approximate surface area is 126 Å². The maximum absolute atomic E-state index is 11.8. The van der Waals surface area contributed by atoms with Crippen LogP contribution < -0.4 is 15.4 Å². The molecule has 1 saturated heterocycles. The average Bonchev–Trinajstić information content (AvgIpc) is 2.50. The molecular weight excluding hydrogens is 266 g/mol. The van der Waals surface area contributed by atoms with Gasteiger partial charge in [0.15, 0.2) is 0 Å². The van der Waals surface area contributed by atoms with Crippen molar-refractivity contribution in [3.05, 3.63) is 24.3 Å². The van der Waals surface area contributed by atoms with E-state index < -0.39 is 0 Å². The van der Waals surface area contributed by atoms with E-state index in [4.69, 9.17) is 4.74 Å². The molecule has 0 saturated carbocycles. The number of carbonyl (C=O) groups is 1. The topological polar surface area (TPSA) is 53.6 Å². The Morgan fingerprint density at radius 1 is 1.29 bits per heavy atom. The van der Waals surface area contributed by atoms with Crippen LogP contribution in [0, 0.1) is 5.92 Å². The van der Waals surface area contributed by atoms with Crippen molar-refractivity contribution in [3.8, 4) is 5.75 Å². The van der Waals surface area contributed by atoms with Gasteiger partial charge in [0.2, 0.25) is 5.91 Å². The third-order valence-electron chi connectivity index (χ3n) is 3.93. The molecule has 1 amide bonds. The standard InChI is InChI=1S/C16H25N3O2/c1-19-9-7-13(8-10-19)11-17-12-16(20)18-14-3-5-15(21-2)6-4-14/h3-6,13,17H,7-12H2,1-2H3,(H,18,20). The second kappa shape index (κ2) is 8.00. The molecule has 0 aliphatic carbocycles. The van der Waals surface area contributed by atoms with Crippen LogP contribution in [-0.4, -0.2) is 51.1 Å². The summed E-state index contributed by atoms with van der Waals surface area (Å²) in [6, 6.07) is 7.35. The molecule has 1 aliphatic rings. The molecule has 0 spiro atoms. The number of likely N-dealkylation sites (tertiary alicyclic amines) is 1. The molecule has 2 rings (SSSR count). The molecule has 1 aromatic rings. The van der Waals surface area contributed by atoms with Crippen molar-refractivity contribution in [3.63, 3.8) is 0 Å². The van der Waals surface area contributed by atoms with Gasteiger partial charge in [-0.25, -0.2) is 0 Å². The number of nitrogens with zero attached hydrogens (tertiary/aromatic N) is 1. The monoisotopic (exact) mass is 291 g/mol. The first-order chi connectivity index (χ1) is 10.2. The molecule has 0 bridgehead atoms. The Balaban J connectivity index is 1.65. The van der Waals surface area contributed by atoms with E-state index in [-0.39, 0.29) is 5.91 Å². The molecule has 1 aliphatic heterocycles. The maximum Gasteiger partial charge on any atom is 0.238 e. The van der Waals surface area contributed by atoms with Gasteiger partial charge in [0.05, 0.1) is 13.7 Å². The number of methoxy groups -OCH3 is 1. The van der Waals surface area contributed by atoms with Gasteiger partial charge in [0, 0.05) is 5.69 Å². The van der Waals surface area contributed by atoms with Crippen LogP contribution in [0.4, 0.5) is 5.69 Å². The lowest BCUT2D eigenvalue weighted by molar-refractivity contribution is -0.115. The molecule has 1 heterocycles. The fourth-order valence-corrected chi connectivity index (χ4v) is 2.54. The van der Waals surface area contributed by atoms with E-state index in [0.29, 0.717) is 12.5 Å². The van der Waals surface area contributed by atoms with E-state index >= 15 is 0 Å². The molecule has 5 nitrogen and oxygen atoms in total. The lowest BCUT2D eigenvalue weighted by Crippen LogP contribution is -2.37. The molecule has 1 aromatic carbocycles. The van der Waals surface area contributed by atoms with Crippen molar-refractivity contribution < 1.29 is 9.53 Å². The number of hydrogen-bond donors (Lipinski definition) is 2. The van der Waals surface area contributed by atoms with Crippen molar-refractivity contribution in [2.45, 2.75) is 12.8 Å². The number of benzene rings is 1. The van der Waals surface area contributed by atoms with E-state index in [0.717, 1.165) is 31.1 Å². The number of hydrogen-bond acceptors (Lipinski definition) is 4. The molecule has 0 aromatic heterocycles. The maximum atomic E-state index is 11.8. The van der Waals surface area contributed by atoms with E-state index in [1.807, 2.05) is 24.3 Å². The molecule has 2 N–H and O–H groups in total. The number of rotatable bonds is 6. The SMILES string of the molecule is COc1ccc(NC(=O)CNCC2CCN(C)CC2)cc1. The van der Waals surface area contributed by atoms with Gasteiger partial charge in [-0.2, -0.15) is 0 Å². The zero-order chi connectivity index (χ0) is 15.1. The molecule has 5 heteroatoms. The highest BCUT2D eigenvalue weighted by Crippen LogP contribution is 2.15. The van der Waals surface area contributed by atoms with E-state index in [9.17, 15) is 4.79 Å². The second-order valence-corrected chi connectivity index (χ2v) is 5.65. The molecule has 0 atom stereocenters. The highest BCUT2D eigenvalue weighted by Gasteiger charge is 2.16. The molecule has 0 radical (unpaired) electrons. The summed E-state index contributed by atoms with van der Waals surface area (Å²) < 4.78 is 5.09. The summed E-state index contributed by atoms with van der Waals surface area (Å²) in [6.07, 6.45) is 2.42. The lowest BCUT2D eigenvalue weighted by Gasteiger charge is -2.28. The van der Waals surface area contributed by atoms with Crippen molar-refractivity contribution >= 4 is 11.6 Å². The third-order valence-corrected chi connectivity index (χ3v) is 3.93. The zero-order valence-corrected chi connectivity index (χ0v) is 12.9. The van der Waals surface area contributed by atoms with Crippen LogP contribution in [0.2, 0.25) is 0 Å². The molecular formula is C16H25N3O2. The fraction of sp³-hybridized carbons (Fsp3) is 0.562. The van der Waals surface area contributed by atoms with Crippen LogP contribution in [0.5, 0.6) is 5.75 Å². The normalized spacial score (nSPS) is 16.7. The van der Waals surface area contributed by atoms with Crippen LogP contribution in [0.1, 0.15) is 12.8 Å². The summed E-state index contributed by atoms with van der Waals surface area (Å²) in [7, 11) is 3.78. The van der Waals surface area contributed by atoms with Crippen molar-refractivity contribution in [2.75, 3.05) is 45.7 Å². The number of nitrogens with one attached hydrogen (secondary N) is 2. The summed E-state index contributed by atoms with van der Waals surface area (Å²) in [4.78, 5) is 14.2. The van der Waals surface area contributed by atoms with Crippen molar-refractivity contribution in [1.82, 2.24) is 10.2 Å². The fourth-order valence-electron chi connectivity index (χ4n) is 2.54. The second-order valence-electron chi connectivity index (χ2n) is 5.65. The minimum absolute atomic E-state index is 0.00639. The van der Waals surface area contributed by atoms with Crippen molar-refractivity contribution in [2.24, 2.45) is 5.92 Å². The summed E-state index contributed by atoms with van der Waals surface area (Å²) in [6.45, 7) is 3.59. The van der Waals surface area contributed by atoms with Crippen LogP contribution >= 0.6 is 0 Å². The van der Waals surface area contributed by atoms with Gasteiger partial charge >= 0.3 is 0 Å². The minimum Gasteiger partial charge on any atom is -0.497 e. The van der Waals surface area contributed by atoms with Gasteiger partial charge in [-0.15, -0.1) is 0 Å². The summed E-state index contributed by atoms with van der Waals surface area (Å²) in [5, 5.41) is 6.13. The van der Waals surface area contributed by atoms with Crippen LogP contribution in [-0.2, 0) is 4.79 Å². The van der Waals surface area contributed by atoms with Crippen molar-refractivity contribution in [1.29, 1.82) is 0 Å². The largest absolute Gasteiger partial charge is 0.497 e. The van der Waals surface area contributed by atoms with Crippen LogP contribution in [0.25, 0.3) is 0 Å². The van der Waals surface area contributed by atoms with Gasteiger partial charge < -0.3 is 20.3 Å². The number of piperidine rings is 1. The third kappa shape index (κ3) is 5.36. The first-order valence-electron chi connectivity index (χ1n) is 7.50. The first kappa shape index (κ1) is 15.8. The highest BCUT2D eigenvalue weighted by molar-refractivity contribution is 5.92. The Morgan fingerprint density at radius 2 is 1.95 bits per heavy atom. The van der Waals surface area contributed by atoms with Crippen LogP contribution in [0.15, 0.2) is 24.3 Å². The first-order valence-corrected chi connectivity index (χ1v) is 7.50. The smallest absolute Gasteiger partial charge is 0.238 e. The van der Waals surface area contributed by atoms with E-state index in [1.165, 1.54) is 12.8 Å². The van der Waals surface area contributed by atoms with Gasteiger partial charge in [-0.3, -0.25) is 4.79 Å². The molecule has 116 valence electrons. The predicted octanol–water partition coefficient (Wildman–Crippen LogP) is 1.57. The quantitative estimate of drug-likeness (QED) is 0.835. The highest BCUT2D eigenvalue weighted by atomic mass is 16.5. The number of carbonyl (C=O) groups excluding carboxylic acids is 1. The van der Waals surface area contributed by atoms with Gasteiger partial charge in [0.25, 0.3) is 0 Å².